The molecule has 0 fully saturated rings. The minimum absolute atomic E-state index is 0.180. The fourth-order valence-corrected chi connectivity index (χ4v) is 6.45. The van der Waals surface area contributed by atoms with E-state index in [1.807, 2.05) is 38.1 Å². The van der Waals surface area contributed by atoms with E-state index in [2.05, 4.69) is 27.8 Å². The molecular formula is C32H33N3O6S. The van der Waals surface area contributed by atoms with Crippen LogP contribution in [0.3, 0.4) is 0 Å². The molecule has 0 saturated carbocycles. The summed E-state index contributed by atoms with van der Waals surface area (Å²) < 4.78 is 26.3. The zero-order valence-electron chi connectivity index (χ0n) is 24.7. The molecule has 10 heteroatoms. The highest BCUT2D eigenvalue weighted by molar-refractivity contribution is 7.07. The molecule has 1 atom stereocenters. The van der Waals surface area contributed by atoms with Crippen LogP contribution in [0.15, 0.2) is 69.6 Å². The van der Waals surface area contributed by atoms with Gasteiger partial charge in [-0.25, -0.2) is 9.79 Å². The number of para-hydroxylation sites is 1. The van der Waals surface area contributed by atoms with E-state index in [9.17, 15) is 9.59 Å². The van der Waals surface area contributed by atoms with Gasteiger partial charge < -0.3 is 23.5 Å². The number of hydrogen-bond acceptors (Lipinski definition) is 8. The predicted molar refractivity (Wildman–Crippen MR) is 162 cm³/mol. The van der Waals surface area contributed by atoms with Gasteiger partial charge in [0.2, 0.25) is 5.75 Å². The Kier molecular flexibility index (Phi) is 8.08. The third kappa shape index (κ3) is 4.92. The zero-order chi connectivity index (χ0) is 30.1. The van der Waals surface area contributed by atoms with Crippen LogP contribution in [-0.4, -0.2) is 43.0 Å². The van der Waals surface area contributed by atoms with Crippen molar-refractivity contribution in [2.24, 2.45) is 4.99 Å². The Morgan fingerprint density at radius 2 is 1.67 bits per heavy atom. The highest BCUT2D eigenvalue weighted by atomic mass is 32.1. The van der Waals surface area contributed by atoms with Crippen molar-refractivity contribution in [1.29, 1.82) is 0 Å². The highest BCUT2D eigenvalue weighted by Crippen LogP contribution is 2.42. The van der Waals surface area contributed by atoms with E-state index in [0.29, 0.717) is 37.8 Å². The third-order valence-electron chi connectivity index (χ3n) is 7.29. The molecule has 1 aliphatic rings. The van der Waals surface area contributed by atoms with Crippen molar-refractivity contribution in [2.45, 2.75) is 33.7 Å². The van der Waals surface area contributed by atoms with Gasteiger partial charge in [-0.15, -0.1) is 0 Å². The normalized spacial score (nSPS) is 14.8. The van der Waals surface area contributed by atoms with Crippen LogP contribution in [0.1, 0.15) is 42.4 Å². The molecule has 0 saturated heterocycles. The Hall–Kier alpha value is -4.57. The molecule has 218 valence electrons. The topological polar surface area (TPSA) is 93.3 Å². The van der Waals surface area contributed by atoms with Gasteiger partial charge in [-0.1, -0.05) is 29.5 Å². The lowest BCUT2D eigenvalue weighted by Crippen LogP contribution is -2.40. The van der Waals surface area contributed by atoms with Gasteiger partial charge >= 0.3 is 5.97 Å². The SMILES string of the molecule is CCOC(=O)C1=C(C)N=c2s/c(=C\c3cc(C)n(-c4ccccc4)c3C)c(=O)n2[C@H]1c1cc(OC)c(OC)c(OC)c1. The lowest BCUT2D eigenvalue weighted by Gasteiger charge is -2.26. The summed E-state index contributed by atoms with van der Waals surface area (Å²) in [6, 6.07) is 14.8. The lowest BCUT2D eigenvalue weighted by molar-refractivity contribution is -0.139. The number of methoxy groups -OCH3 is 3. The summed E-state index contributed by atoms with van der Waals surface area (Å²) >= 11 is 1.28. The third-order valence-corrected chi connectivity index (χ3v) is 8.27. The van der Waals surface area contributed by atoms with Crippen molar-refractivity contribution in [3.63, 3.8) is 0 Å². The first-order valence-corrected chi connectivity index (χ1v) is 14.3. The monoisotopic (exact) mass is 587 g/mol. The number of benzene rings is 2. The molecule has 0 spiro atoms. The standard InChI is InChI=1S/C32H33N3O6S/c1-8-41-31(37)27-19(3)33-32-35(28(27)22-15-24(38-5)29(40-7)25(16-22)39-6)30(36)26(42-32)17-21-14-18(2)34(20(21)4)23-12-10-9-11-13-23/h9-17,28H,8H2,1-7H3/b26-17-/t28-/m0/s1. The number of esters is 1. The van der Waals surface area contributed by atoms with E-state index < -0.39 is 12.0 Å². The fourth-order valence-electron chi connectivity index (χ4n) is 5.42. The number of rotatable bonds is 8. The van der Waals surface area contributed by atoms with Crippen molar-refractivity contribution in [3.05, 3.63) is 102 Å². The molecule has 9 nitrogen and oxygen atoms in total. The molecule has 2 aromatic heterocycles. The predicted octanol–water partition coefficient (Wildman–Crippen LogP) is 4.23. The maximum absolute atomic E-state index is 14.2. The van der Waals surface area contributed by atoms with Crippen LogP contribution in [0.25, 0.3) is 11.8 Å². The largest absolute Gasteiger partial charge is 0.493 e. The van der Waals surface area contributed by atoms with Gasteiger partial charge in [-0.3, -0.25) is 9.36 Å². The molecule has 1 aliphatic heterocycles. The Morgan fingerprint density at radius 1 is 1.00 bits per heavy atom. The van der Waals surface area contributed by atoms with Gasteiger partial charge in [-0.05, 0) is 75.2 Å². The molecular weight excluding hydrogens is 554 g/mol. The van der Waals surface area contributed by atoms with Crippen molar-refractivity contribution < 1.29 is 23.7 Å². The average Bonchev–Trinajstić information content (AvgIpc) is 3.45. The molecule has 4 aromatic rings. The minimum Gasteiger partial charge on any atom is -0.493 e. The van der Waals surface area contributed by atoms with Crippen LogP contribution in [0.4, 0.5) is 0 Å². The molecule has 5 rings (SSSR count). The molecule has 0 amide bonds. The molecule has 0 bridgehead atoms. The van der Waals surface area contributed by atoms with Gasteiger partial charge in [0.25, 0.3) is 5.56 Å². The Balaban J connectivity index is 1.74. The lowest BCUT2D eigenvalue weighted by atomic mass is 9.95. The van der Waals surface area contributed by atoms with Crippen molar-refractivity contribution >= 4 is 23.4 Å². The highest BCUT2D eigenvalue weighted by Gasteiger charge is 2.34. The quantitative estimate of drug-likeness (QED) is 0.287. The van der Waals surface area contributed by atoms with E-state index in [-0.39, 0.29) is 17.7 Å². The van der Waals surface area contributed by atoms with Crippen LogP contribution in [-0.2, 0) is 9.53 Å². The summed E-state index contributed by atoms with van der Waals surface area (Å²) in [6.07, 6.45) is 1.89. The first-order chi connectivity index (χ1) is 20.2. The first-order valence-electron chi connectivity index (χ1n) is 13.5. The minimum atomic E-state index is -0.826. The van der Waals surface area contributed by atoms with Crippen LogP contribution in [0.5, 0.6) is 17.2 Å². The van der Waals surface area contributed by atoms with E-state index in [4.69, 9.17) is 18.9 Å². The number of fused-ring (bicyclic) bond motifs is 1. The van der Waals surface area contributed by atoms with Gasteiger partial charge in [0.05, 0.1) is 49.8 Å². The maximum Gasteiger partial charge on any atom is 0.338 e. The average molecular weight is 588 g/mol. The fraction of sp³-hybridized carbons (Fsp3) is 0.281. The number of ether oxygens (including phenoxy) is 4. The van der Waals surface area contributed by atoms with Crippen LogP contribution >= 0.6 is 11.3 Å². The Labute approximate surface area is 247 Å². The van der Waals surface area contributed by atoms with Crippen LogP contribution in [0, 0.1) is 13.8 Å². The molecule has 0 N–H and O–H groups in total. The number of carbonyl (C=O) groups is 1. The number of allylic oxidation sites excluding steroid dienone is 1. The van der Waals surface area contributed by atoms with Crippen molar-refractivity contribution in [1.82, 2.24) is 9.13 Å². The van der Waals surface area contributed by atoms with Crippen molar-refractivity contribution in [3.8, 4) is 22.9 Å². The zero-order valence-corrected chi connectivity index (χ0v) is 25.5. The second-order valence-corrected chi connectivity index (χ2v) is 10.8. The summed E-state index contributed by atoms with van der Waals surface area (Å²) in [4.78, 5) is 32.6. The Morgan fingerprint density at radius 3 is 2.26 bits per heavy atom. The number of thiazole rings is 1. The van der Waals surface area contributed by atoms with Gasteiger partial charge in [0.1, 0.15) is 0 Å². The number of nitrogens with zero attached hydrogens (tertiary/aromatic N) is 3. The van der Waals surface area contributed by atoms with Gasteiger partial charge in [0, 0.05) is 17.1 Å². The van der Waals surface area contributed by atoms with Gasteiger partial charge in [-0.2, -0.15) is 0 Å². The van der Waals surface area contributed by atoms with Gasteiger partial charge in [0.15, 0.2) is 16.3 Å². The molecule has 42 heavy (non-hydrogen) atoms. The summed E-state index contributed by atoms with van der Waals surface area (Å²) in [5, 5.41) is 0. The summed E-state index contributed by atoms with van der Waals surface area (Å²) in [5.74, 6) is 0.668. The summed E-state index contributed by atoms with van der Waals surface area (Å²) in [5.41, 5.74) is 5.10. The van der Waals surface area contributed by atoms with E-state index in [0.717, 1.165) is 22.6 Å². The molecule has 0 unspecified atom stereocenters. The Bertz CT molecular complexity index is 1860. The number of aromatic nitrogens is 2. The molecule has 2 aromatic carbocycles. The molecule has 3 heterocycles. The first kappa shape index (κ1) is 28.9. The second kappa shape index (κ2) is 11.7. The summed E-state index contributed by atoms with van der Waals surface area (Å²) in [6.45, 7) is 7.74. The van der Waals surface area contributed by atoms with Crippen LogP contribution in [0.2, 0.25) is 0 Å². The summed E-state index contributed by atoms with van der Waals surface area (Å²) in [7, 11) is 4.56. The van der Waals surface area contributed by atoms with E-state index in [1.165, 1.54) is 32.7 Å². The number of aryl methyl sites for hydroxylation is 1. The smallest absolute Gasteiger partial charge is 0.338 e. The maximum atomic E-state index is 14.2. The molecule has 0 radical (unpaired) electrons. The van der Waals surface area contributed by atoms with E-state index in [1.54, 1.807) is 30.5 Å². The van der Waals surface area contributed by atoms with E-state index >= 15 is 0 Å². The molecule has 0 aliphatic carbocycles. The second-order valence-electron chi connectivity index (χ2n) is 9.76. The van der Waals surface area contributed by atoms with Crippen molar-refractivity contribution in [2.75, 3.05) is 27.9 Å². The number of hydrogen-bond donors (Lipinski definition) is 0. The van der Waals surface area contributed by atoms with Crippen LogP contribution < -0.4 is 29.1 Å². The number of carbonyl (C=O) groups excluding carboxylic acids is 1.